The lowest BCUT2D eigenvalue weighted by molar-refractivity contribution is -0.140. The maximum absolute atomic E-state index is 12.6. The quantitative estimate of drug-likeness (QED) is 0.219. The highest BCUT2D eigenvalue weighted by atomic mass is 16.5. The summed E-state index contributed by atoms with van der Waals surface area (Å²) in [4.78, 5) is 12.6. The van der Waals surface area contributed by atoms with Gasteiger partial charge < -0.3 is 4.74 Å². The van der Waals surface area contributed by atoms with E-state index >= 15 is 0 Å². The van der Waals surface area contributed by atoms with Crippen molar-refractivity contribution >= 4 is 5.97 Å². The molecule has 2 heteroatoms. The van der Waals surface area contributed by atoms with E-state index in [2.05, 4.69) is 26.0 Å². The molecule has 1 aromatic rings. The predicted octanol–water partition coefficient (Wildman–Crippen LogP) is 8.44. The molecule has 0 spiro atoms. The molecule has 3 rings (SSSR count). The second-order valence-electron chi connectivity index (χ2n) is 10.0. The third-order valence-corrected chi connectivity index (χ3v) is 7.89. The molecule has 0 radical (unpaired) electrons. The molecule has 2 nitrogen and oxygen atoms in total. The number of esters is 1. The van der Waals surface area contributed by atoms with Crippen LogP contribution in [-0.4, -0.2) is 5.97 Å². The topological polar surface area (TPSA) is 26.3 Å². The van der Waals surface area contributed by atoms with Crippen LogP contribution in [0.5, 0.6) is 5.75 Å². The van der Waals surface area contributed by atoms with Crippen molar-refractivity contribution in [2.24, 2.45) is 17.8 Å². The number of benzene rings is 1. The van der Waals surface area contributed by atoms with Crippen LogP contribution in [0.3, 0.4) is 0 Å². The lowest BCUT2D eigenvalue weighted by Gasteiger charge is -2.28. The highest BCUT2D eigenvalue weighted by Gasteiger charge is 2.27. The average Bonchev–Trinajstić information content (AvgIpc) is 2.80. The second kappa shape index (κ2) is 12.5. The summed E-state index contributed by atoms with van der Waals surface area (Å²) in [6.07, 6.45) is 19.3. The van der Waals surface area contributed by atoms with E-state index in [9.17, 15) is 4.79 Å². The fourth-order valence-electron chi connectivity index (χ4n) is 5.63. The zero-order chi connectivity index (χ0) is 21.2. The smallest absolute Gasteiger partial charge is 0.314 e. The van der Waals surface area contributed by atoms with Gasteiger partial charge in [0, 0.05) is 0 Å². The molecule has 2 saturated carbocycles. The van der Waals surface area contributed by atoms with Crippen molar-refractivity contribution in [3.8, 4) is 5.75 Å². The third-order valence-electron chi connectivity index (χ3n) is 7.89. The molecule has 0 atom stereocenters. The molecule has 0 amide bonds. The Kier molecular flexibility index (Phi) is 9.75. The summed E-state index contributed by atoms with van der Waals surface area (Å²) in [7, 11) is 0. The van der Waals surface area contributed by atoms with Gasteiger partial charge in [0.15, 0.2) is 0 Å². The average molecular weight is 413 g/mol. The minimum atomic E-state index is -0.00685. The van der Waals surface area contributed by atoms with E-state index in [0.29, 0.717) is 5.92 Å². The first-order valence-electron chi connectivity index (χ1n) is 13.0. The summed E-state index contributed by atoms with van der Waals surface area (Å²) in [6.45, 7) is 4.59. The van der Waals surface area contributed by atoms with Crippen molar-refractivity contribution in [1.29, 1.82) is 0 Å². The van der Waals surface area contributed by atoms with Gasteiger partial charge in [-0.1, -0.05) is 70.9 Å². The SMILES string of the molecule is CCCCCCCC1CCC(C(=O)Oc2ccc(C3CCC(CC)CC3)cc2)CC1. The Labute approximate surface area is 185 Å². The number of unbranched alkanes of at least 4 members (excludes halogenated alkanes) is 4. The molecule has 2 aliphatic rings. The van der Waals surface area contributed by atoms with Crippen LogP contribution in [-0.2, 0) is 4.79 Å². The van der Waals surface area contributed by atoms with Gasteiger partial charge in [-0.15, -0.1) is 0 Å². The molecule has 0 heterocycles. The molecular weight excluding hydrogens is 368 g/mol. The van der Waals surface area contributed by atoms with Crippen LogP contribution >= 0.6 is 0 Å². The fourth-order valence-corrected chi connectivity index (χ4v) is 5.63. The number of ether oxygens (including phenoxy) is 1. The lowest BCUT2D eigenvalue weighted by atomic mass is 9.78. The Balaban J connectivity index is 1.37. The summed E-state index contributed by atoms with van der Waals surface area (Å²) < 4.78 is 5.75. The molecule has 2 fully saturated rings. The number of carbonyl (C=O) groups excluding carboxylic acids is 1. The van der Waals surface area contributed by atoms with E-state index in [1.165, 1.54) is 89.0 Å². The van der Waals surface area contributed by atoms with Crippen LogP contribution in [0.1, 0.15) is 122 Å². The van der Waals surface area contributed by atoms with E-state index in [0.717, 1.165) is 30.4 Å². The molecule has 0 bridgehead atoms. The van der Waals surface area contributed by atoms with Crippen LogP contribution in [0.4, 0.5) is 0 Å². The number of hydrogen-bond acceptors (Lipinski definition) is 2. The van der Waals surface area contributed by atoms with E-state index in [1.807, 2.05) is 12.1 Å². The molecule has 0 N–H and O–H groups in total. The first-order chi connectivity index (χ1) is 14.7. The maximum Gasteiger partial charge on any atom is 0.314 e. The van der Waals surface area contributed by atoms with Gasteiger partial charge in [-0.25, -0.2) is 0 Å². The Morgan fingerprint density at radius 3 is 2.07 bits per heavy atom. The first kappa shape index (κ1) is 23.4. The lowest BCUT2D eigenvalue weighted by Crippen LogP contribution is -2.25. The van der Waals surface area contributed by atoms with Crippen molar-refractivity contribution < 1.29 is 9.53 Å². The van der Waals surface area contributed by atoms with Gasteiger partial charge in [0.1, 0.15) is 5.75 Å². The number of rotatable bonds is 10. The molecule has 0 unspecified atom stereocenters. The summed E-state index contributed by atoms with van der Waals surface area (Å²) in [5, 5.41) is 0. The predicted molar refractivity (Wildman–Crippen MR) is 126 cm³/mol. The van der Waals surface area contributed by atoms with E-state index in [4.69, 9.17) is 4.74 Å². The molecule has 1 aromatic carbocycles. The van der Waals surface area contributed by atoms with Crippen LogP contribution < -0.4 is 4.74 Å². The van der Waals surface area contributed by atoms with Gasteiger partial charge in [-0.3, -0.25) is 4.79 Å². The molecule has 2 aliphatic carbocycles. The third kappa shape index (κ3) is 7.13. The molecule has 168 valence electrons. The van der Waals surface area contributed by atoms with Crippen LogP contribution in [0.15, 0.2) is 24.3 Å². The first-order valence-corrected chi connectivity index (χ1v) is 13.0. The Morgan fingerprint density at radius 1 is 0.800 bits per heavy atom. The molecule has 0 aromatic heterocycles. The van der Waals surface area contributed by atoms with Gasteiger partial charge in [0.2, 0.25) is 0 Å². The highest BCUT2D eigenvalue weighted by Crippen LogP contribution is 2.37. The minimum Gasteiger partial charge on any atom is -0.426 e. The van der Waals surface area contributed by atoms with Gasteiger partial charge in [0.05, 0.1) is 5.92 Å². The van der Waals surface area contributed by atoms with Crippen molar-refractivity contribution in [1.82, 2.24) is 0 Å². The van der Waals surface area contributed by atoms with E-state index in [-0.39, 0.29) is 11.9 Å². The number of carbonyl (C=O) groups is 1. The normalized spacial score (nSPS) is 27.0. The summed E-state index contributed by atoms with van der Waals surface area (Å²) in [5.74, 6) is 3.27. The fraction of sp³-hybridized carbons (Fsp3) is 0.750. The standard InChI is InChI=1S/C28H44O2/c1-3-5-6-7-8-9-23-12-16-26(17-13-23)28(29)30-27-20-18-25(19-21-27)24-14-10-22(4-2)11-15-24/h18-24,26H,3-17H2,1-2H3. The van der Waals surface area contributed by atoms with Crippen LogP contribution in [0, 0.1) is 17.8 Å². The van der Waals surface area contributed by atoms with Gasteiger partial charge >= 0.3 is 5.97 Å². The van der Waals surface area contributed by atoms with E-state index in [1.54, 1.807) is 0 Å². The zero-order valence-corrected chi connectivity index (χ0v) is 19.5. The molecule has 30 heavy (non-hydrogen) atoms. The van der Waals surface area contributed by atoms with Crippen molar-refractivity contribution in [2.75, 3.05) is 0 Å². The maximum atomic E-state index is 12.6. The molecule has 0 saturated heterocycles. The second-order valence-corrected chi connectivity index (χ2v) is 10.0. The summed E-state index contributed by atoms with van der Waals surface area (Å²) >= 11 is 0. The van der Waals surface area contributed by atoms with Gasteiger partial charge in [-0.05, 0) is 86.8 Å². The van der Waals surface area contributed by atoms with Crippen molar-refractivity contribution in [2.45, 2.75) is 116 Å². The number of hydrogen-bond donors (Lipinski definition) is 0. The van der Waals surface area contributed by atoms with Crippen molar-refractivity contribution in [3.05, 3.63) is 29.8 Å². The van der Waals surface area contributed by atoms with Crippen LogP contribution in [0.25, 0.3) is 0 Å². The highest BCUT2D eigenvalue weighted by molar-refractivity contribution is 5.75. The Morgan fingerprint density at radius 2 is 1.43 bits per heavy atom. The largest absolute Gasteiger partial charge is 0.426 e. The van der Waals surface area contributed by atoms with Gasteiger partial charge in [-0.2, -0.15) is 0 Å². The minimum absolute atomic E-state index is 0.00685. The Hall–Kier alpha value is -1.31. The monoisotopic (exact) mass is 412 g/mol. The van der Waals surface area contributed by atoms with Crippen molar-refractivity contribution in [3.63, 3.8) is 0 Å². The summed E-state index contributed by atoms with van der Waals surface area (Å²) in [6, 6.07) is 8.41. The van der Waals surface area contributed by atoms with E-state index < -0.39 is 0 Å². The Bertz CT molecular complexity index is 604. The zero-order valence-electron chi connectivity index (χ0n) is 19.5. The molecule has 0 aliphatic heterocycles. The molecular formula is C28H44O2. The summed E-state index contributed by atoms with van der Waals surface area (Å²) in [5.41, 5.74) is 1.42. The van der Waals surface area contributed by atoms with Gasteiger partial charge in [0.25, 0.3) is 0 Å². The van der Waals surface area contributed by atoms with Crippen LogP contribution in [0.2, 0.25) is 0 Å².